The van der Waals surface area contributed by atoms with Gasteiger partial charge in [0.2, 0.25) is 5.91 Å². The first-order valence-electron chi connectivity index (χ1n) is 8.83. The van der Waals surface area contributed by atoms with Gasteiger partial charge >= 0.3 is 0 Å². The van der Waals surface area contributed by atoms with Crippen LogP contribution in [0.15, 0.2) is 24.3 Å². The number of carbonyl (C=O) groups is 1. The lowest BCUT2D eigenvalue weighted by Crippen LogP contribution is -2.43. The highest BCUT2D eigenvalue weighted by Crippen LogP contribution is 2.41. The van der Waals surface area contributed by atoms with Gasteiger partial charge in [-0.1, -0.05) is 42.7 Å². The summed E-state index contributed by atoms with van der Waals surface area (Å²) in [5.74, 6) is 0.0277. The second kappa shape index (κ2) is 8.32. The van der Waals surface area contributed by atoms with Gasteiger partial charge in [0, 0.05) is 18.5 Å². The highest BCUT2D eigenvalue weighted by molar-refractivity contribution is 5.85. The Balaban J connectivity index is 0.00000208. The molecule has 1 amide bonds. The summed E-state index contributed by atoms with van der Waals surface area (Å²) in [6.07, 6.45) is 6.16. The summed E-state index contributed by atoms with van der Waals surface area (Å²) in [6.45, 7) is 3.34. The lowest BCUT2D eigenvalue weighted by molar-refractivity contribution is -0.132. The van der Waals surface area contributed by atoms with Crippen molar-refractivity contribution >= 4 is 18.3 Å². The maximum atomic E-state index is 12.4. The van der Waals surface area contributed by atoms with Gasteiger partial charge in [0.1, 0.15) is 6.10 Å². The van der Waals surface area contributed by atoms with Crippen LogP contribution in [0, 0.1) is 6.92 Å². The summed E-state index contributed by atoms with van der Waals surface area (Å²) in [5.41, 5.74) is 8.36. The quantitative estimate of drug-likeness (QED) is 0.856. The summed E-state index contributed by atoms with van der Waals surface area (Å²) in [7, 11) is 0. The van der Waals surface area contributed by atoms with E-state index in [1.807, 2.05) is 0 Å². The van der Waals surface area contributed by atoms with Crippen molar-refractivity contribution in [3.8, 4) is 0 Å². The van der Waals surface area contributed by atoms with Crippen LogP contribution in [-0.4, -0.2) is 31.2 Å². The number of rotatable bonds is 5. The number of nitrogens with two attached hydrogens (primary N) is 1. The Bertz CT molecular complexity index is 558. The fourth-order valence-corrected chi connectivity index (χ4v) is 4.04. The van der Waals surface area contributed by atoms with Crippen LogP contribution in [0.3, 0.4) is 0 Å². The smallest absolute Gasteiger partial charge is 0.249 e. The van der Waals surface area contributed by atoms with Crippen molar-refractivity contribution in [2.24, 2.45) is 5.73 Å². The minimum Gasteiger partial charge on any atom is -0.364 e. The fourth-order valence-electron chi connectivity index (χ4n) is 4.04. The number of ether oxygens (including phenoxy) is 1. The van der Waals surface area contributed by atoms with Crippen LogP contribution in [0.25, 0.3) is 0 Å². The largest absolute Gasteiger partial charge is 0.364 e. The molecule has 1 saturated heterocycles. The van der Waals surface area contributed by atoms with Gasteiger partial charge in [0.05, 0.1) is 6.10 Å². The summed E-state index contributed by atoms with van der Waals surface area (Å²) >= 11 is 0. The predicted octanol–water partition coefficient (Wildman–Crippen LogP) is 2.85. The van der Waals surface area contributed by atoms with Crippen molar-refractivity contribution in [1.29, 1.82) is 0 Å². The summed E-state index contributed by atoms with van der Waals surface area (Å²) < 4.78 is 5.71. The first-order valence-corrected chi connectivity index (χ1v) is 8.83. The maximum absolute atomic E-state index is 12.4. The van der Waals surface area contributed by atoms with E-state index >= 15 is 0 Å². The van der Waals surface area contributed by atoms with Crippen molar-refractivity contribution in [1.82, 2.24) is 5.32 Å². The van der Waals surface area contributed by atoms with E-state index in [1.165, 1.54) is 24.0 Å². The van der Waals surface area contributed by atoms with E-state index in [1.54, 1.807) is 0 Å². The van der Waals surface area contributed by atoms with E-state index in [0.29, 0.717) is 13.1 Å². The molecule has 3 N–H and O–H groups in total. The third-order valence-electron chi connectivity index (χ3n) is 5.45. The van der Waals surface area contributed by atoms with E-state index in [0.717, 1.165) is 25.7 Å². The standard InChI is InChI=1S/C19H28N2O2.ClH/c1-14-5-4-6-15(11-14)19(9-2-3-10-19)13-21-18(22)17-8-7-16(12-20)23-17;/h4-6,11,16-17H,2-3,7-10,12-13,20H2,1H3,(H,21,22);1H/t16-,17+;/m1./s1. The van der Waals surface area contributed by atoms with Crippen molar-refractivity contribution in [3.63, 3.8) is 0 Å². The number of aryl methyl sites for hydroxylation is 1. The molecule has 1 aromatic rings. The van der Waals surface area contributed by atoms with Gasteiger partial charge in [0.25, 0.3) is 0 Å². The molecule has 2 aliphatic rings. The van der Waals surface area contributed by atoms with Gasteiger partial charge in [-0.05, 0) is 38.2 Å². The number of halogens is 1. The Morgan fingerprint density at radius 2 is 2.08 bits per heavy atom. The van der Waals surface area contributed by atoms with E-state index in [2.05, 4.69) is 36.5 Å². The van der Waals surface area contributed by atoms with Crippen LogP contribution in [-0.2, 0) is 14.9 Å². The van der Waals surface area contributed by atoms with Crippen LogP contribution in [0.2, 0.25) is 0 Å². The first-order chi connectivity index (χ1) is 11.1. The van der Waals surface area contributed by atoms with Crippen molar-refractivity contribution in [2.45, 2.75) is 63.1 Å². The maximum Gasteiger partial charge on any atom is 0.249 e. The number of hydrogen-bond donors (Lipinski definition) is 2. The third kappa shape index (κ3) is 4.11. The average Bonchev–Trinajstić information content (AvgIpc) is 3.23. The van der Waals surface area contributed by atoms with Gasteiger partial charge in [-0.15, -0.1) is 12.4 Å². The van der Waals surface area contributed by atoms with Gasteiger partial charge < -0.3 is 15.8 Å². The van der Waals surface area contributed by atoms with Crippen LogP contribution >= 0.6 is 12.4 Å². The monoisotopic (exact) mass is 352 g/mol. The Kier molecular flexibility index (Phi) is 6.67. The SMILES string of the molecule is Cc1cccc(C2(CNC(=O)[C@@H]3CC[C@H](CN)O3)CCCC2)c1.Cl. The summed E-state index contributed by atoms with van der Waals surface area (Å²) in [6, 6.07) is 8.73. The fraction of sp³-hybridized carbons (Fsp3) is 0.632. The Morgan fingerprint density at radius 3 is 2.71 bits per heavy atom. The summed E-state index contributed by atoms with van der Waals surface area (Å²) in [4.78, 5) is 12.4. The lowest BCUT2D eigenvalue weighted by atomic mass is 9.78. The highest BCUT2D eigenvalue weighted by Gasteiger charge is 2.37. The van der Waals surface area contributed by atoms with E-state index in [4.69, 9.17) is 10.5 Å². The predicted molar refractivity (Wildman–Crippen MR) is 98.5 cm³/mol. The molecule has 4 nitrogen and oxygen atoms in total. The molecule has 0 spiro atoms. The zero-order valence-corrected chi connectivity index (χ0v) is 15.2. The molecule has 0 unspecified atom stereocenters. The highest BCUT2D eigenvalue weighted by atomic mass is 35.5. The number of nitrogens with one attached hydrogen (secondary N) is 1. The molecule has 3 rings (SSSR count). The lowest BCUT2D eigenvalue weighted by Gasteiger charge is -2.31. The number of benzene rings is 1. The number of carbonyl (C=O) groups excluding carboxylic acids is 1. The molecule has 1 heterocycles. The molecular formula is C19H29ClN2O2. The zero-order chi connectivity index (χ0) is 16.3. The van der Waals surface area contributed by atoms with Crippen LogP contribution in [0.1, 0.15) is 49.7 Å². The number of hydrogen-bond acceptors (Lipinski definition) is 3. The minimum atomic E-state index is -0.320. The summed E-state index contributed by atoms with van der Waals surface area (Å²) in [5, 5.41) is 3.17. The third-order valence-corrected chi connectivity index (χ3v) is 5.45. The Morgan fingerprint density at radius 1 is 1.33 bits per heavy atom. The normalized spacial score (nSPS) is 25.2. The van der Waals surface area contributed by atoms with E-state index < -0.39 is 0 Å². The van der Waals surface area contributed by atoms with Gasteiger partial charge in [-0.25, -0.2) is 0 Å². The molecule has 5 heteroatoms. The van der Waals surface area contributed by atoms with Crippen LogP contribution in [0.5, 0.6) is 0 Å². The van der Waals surface area contributed by atoms with Gasteiger partial charge in [-0.2, -0.15) is 0 Å². The zero-order valence-electron chi connectivity index (χ0n) is 14.4. The average molecular weight is 353 g/mol. The molecule has 1 aliphatic carbocycles. The van der Waals surface area contributed by atoms with Crippen molar-refractivity contribution in [3.05, 3.63) is 35.4 Å². The minimum absolute atomic E-state index is 0. The molecule has 2 atom stereocenters. The van der Waals surface area contributed by atoms with Gasteiger partial charge in [-0.3, -0.25) is 4.79 Å². The Labute approximate surface area is 150 Å². The van der Waals surface area contributed by atoms with Crippen LogP contribution < -0.4 is 11.1 Å². The molecule has 1 aromatic carbocycles. The van der Waals surface area contributed by atoms with E-state index in [-0.39, 0.29) is 35.9 Å². The molecular weight excluding hydrogens is 324 g/mol. The molecule has 24 heavy (non-hydrogen) atoms. The topological polar surface area (TPSA) is 64.4 Å². The van der Waals surface area contributed by atoms with Gasteiger partial charge in [0.15, 0.2) is 0 Å². The van der Waals surface area contributed by atoms with Crippen LogP contribution in [0.4, 0.5) is 0 Å². The molecule has 1 saturated carbocycles. The molecule has 2 fully saturated rings. The molecule has 0 bridgehead atoms. The van der Waals surface area contributed by atoms with Crippen molar-refractivity contribution < 1.29 is 9.53 Å². The van der Waals surface area contributed by atoms with E-state index in [9.17, 15) is 4.79 Å². The molecule has 134 valence electrons. The molecule has 1 aliphatic heterocycles. The Hall–Kier alpha value is -1.10. The number of amides is 1. The first kappa shape index (κ1) is 19.2. The second-order valence-corrected chi connectivity index (χ2v) is 7.13. The molecule has 0 radical (unpaired) electrons. The second-order valence-electron chi connectivity index (χ2n) is 7.13. The van der Waals surface area contributed by atoms with Crippen molar-refractivity contribution in [2.75, 3.05) is 13.1 Å². The molecule has 0 aromatic heterocycles.